The van der Waals surface area contributed by atoms with Gasteiger partial charge >= 0.3 is 5.97 Å². The Labute approximate surface area is 95.9 Å². The van der Waals surface area contributed by atoms with Crippen LogP contribution in [0.5, 0.6) is 5.75 Å². The van der Waals surface area contributed by atoms with Crippen LogP contribution in [0.15, 0.2) is 24.3 Å². The molecule has 1 amide bonds. The average Bonchev–Trinajstić information content (AvgIpc) is 2.28. The van der Waals surface area contributed by atoms with E-state index < -0.39 is 24.3 Å². The van der Waals surface area contributed by atoms with Crippen molar-refractivity contribution in [1.29, 1.82) is 0 Å². The smallest absolute Gasteiger partial charge is 0.332 e. The maximum Gasteiger partial charge on any atom is 0.332 e. The van der Waals surface area contributed by atoms with E-state index in [-0.39, 0.29) is 6.61 Å². The second-order valence-electron chi connectivity index (χ2n) is 2.95. The number of ether oxygens (including phenoxy) is 1. The second kappa shape index (κ2) is 6.44. The summed E-state index contributed by atoms with van der Waals surface area (Å²) in [5.74, 6) is -1.94. The molecule has 1 aromatic carbocycles. The van der Waals surface area contributed by atoms with Gasteiger partial charge in [0, 0.05) is 0 Å². The SMILES string of the molecule is O=C(O)CONC(=O)COc1ccc(F)cc1. The van der Waals surface area contributed by atoms with Gasteiger partial charge in [-0.25, -0.2) is 14.7 Å². The molecule has 92 valence electrons. The van der Waals surface area contributed by atoms with Gasteiger partial charge in [-0.2, -0.15) is 0 Å². The third kappa shape index (κ3) is 5.47. The van der Waals surface area contributed by atoms with E-state index in [9.17, 15) is 14.0 Å². The van der Waals surface area contributed by atoms with Gasteiger partial charge < -0.3 is 9.84 Å². The molecule has 0 spiro atoms. The van der Waals surface area contributed by atoms with Crippen molar-refractivity contribution in [2.45, 2.75) is 0 Å². The summed E-state index contributed by atoms with van der Waals surface area (Å²) in [6, 6.07) is 5.10. The first-order valence-corrected chi connectivity index (χ1v) is 4.58. The fraction of sp³-hybridized carbons (Fsp3) is 0.200. The number of hydroxylamine groups is 1. The van der Waals surface area contributed by atoms with Crippen molar-refractivity contribution < 1.29 is 28.7 Å². The third-order valence-corrected chi connectivity index (χ3v) is 1.57. The fourth-order valence-electron chi connectivity index (χ4n) is 0.887. The number of carbonyl (C=O) groups excluding carboxylic acids is 1. The largest absolute Gasteiger partial charge is 0.484 e. The van der Waals surface area contributed by atoms with Gasteiger partial charge in [-0.3, -0.25) is 9.63 Å². The van der Waals surface area contributed by atoms with Crippen LogP contribution in [0, 0.1) is 5.82 Å². The normalized spacial score (nSPS) is 9.71. The Balaban J connectivity index is 2.23. The molecule has 0 aliphatic carbocycles. The molecular weight excluding hydrogens is 233 g/mol. The number of amides is 1. The van der Waals surface area contributed by atoms with Crippen molar-refractivity contribution >= 4 is 11.9 Å². The predicted molar refractivity (Wildman–Crippen MR) is 53.6 cm³/mol. The third-order valence-electron chi connectivity index (χ3n) is 1.57. The van der Waals surface area contributed by atoms with Crippen molar-refractivity contribution in [3.63, 3.8) is 0 Å². The summed E-state index contributed by atoms with van der Waals surface area (Å²) in [5.41, 5.74) is 1.88. The average molecular weight is 243 g/mol. The Hall–Kier alpha value is -2.15. The van der Waals surface area contributed by atoms with E-state index in [1.807, 2.05) is 5.48 Å². The van der Waals surface area contributed by atoms with Crippen LogP contribution in [0.2, 0.25) is 0 Å². The Morgan fingerprint density at radius 1 is 1.24 bits per heavy atom. The maximum atomic E-state index is 12.5. The number of aliphatic carboxylic acids is 1. The molecule has 0 aliphatic rings. The lowest BCUT2D eigenvalue weighted by atomic mass is 10.3. The van der Waals surface area contributed by atoms with Crippen LogP contribution in [0.4, 0.5) is 4.39 Å². The lowest BCUT2D eigenvalue weighted by Crippen LogP contribution is -2.30. The lowest BCUT2D eigenvalue weighted by Gasteiger charge is -2.06. The molecule has 0 radical (unpaired) electrons. The van der Waals surface area contributed by atoms with Crippen molar-refractivity contribution in [2.24, 2.45) is 0 Å². The first kappa shape index (κ1) is 12.9. The van der Waals surface area contributed by atoms with Gasteiger partial charge in [-0.1, -0.05) is 0 Å². The highest BCUT2D eigenvalue weighted by atomic mass is 19.1. The molecule has 17 heavy (non-hydrogen) atoms. The molecule has 6 nitrogen and oxygen atoms in total. The minimum absolute atomic E-state index is 0.319. The van der Waals surface area contributed by atoms with Crippen LogP contribution in [0.25, 0.3) is 0 Å². The second-order valence-corrected chi connectivity index (χ2v) is 2.95. The van der Waals surface area contributed by atoms with E-state index in [4.69, 9.17) is 9.84 Å². The lowest BCUT2D eigenvalue weighted by molar-refractivity contribution is -0.149. The number of hydrogen-bond donors (Lipinski definition) is 2. The number of hydrogen-bond acceptors (Lipinski definition) is 4. The van der Waals surface area contributed by atoms with E-state index in [0.717, 1.165) is 0 Å². The highest BCUT2D eigenvalue weighted by Crippen LogP contribution is 2.10. The number of benzene rings is 1. The standard InChI is InChI=1S/C10H10FNO5/c11-7-1-3-8(4-2-7)16-5-9(13)12-17-6-10(14)15/h1-4H,5-6H2,(H,12,13)(H,14,15). The summed E-state index contributed by atoms with van der Waals surface area (Å²) < 4.78 is 17.5. The summed E-state index contributed by atoms with van der Waals surface area (Å²) in [6.07, 6.45) is 0. The van der Waals surface area contributed by atoms with E-state index in [1.165, 1.54) is 24.3 Å². The van der Waals surface area contributed by atoms with Gasteiger partial charge in [-0.15, -0.1) is 0 Å². The van der Waals surface area contributed by atoms with Gasteiger partial charge in [0.1, 0.15) is 11.6 Å². The van der Waals surface area contributed by atoms with Crippen molar-refractivity contribution in [2.75, 3.05) is 13.2 Å². The molecule has 0 saturated carbocycles. The summed E-state index contributed by atoms with van der Waals surface area (Å²) in [5, 5.41) is 8.22. The Morgan fingerprint density at radius 2 is 1.88 bits per heavy atom. The Bertz CT molecular complexity index is 392. The molecule has 0 bridgehead atoms. The van der Waals surface area contributed by atoms with Crippen molar-refractivity contribution in [3.8, 4) is 5.75 Å². The zero-order valence-corrected chi connectivity index (χ0v) is 8.68. The van der Waals surface area contributed by atoms with Crippen LogP contribution in [-0.4, -0.2) is 30.2 Å². The van der Waals surface area contributed by atoms with Crippen molar-refractivity contribution in [3.05, 3.63) is 30.1 Å². The summed E-state index contributed by atoms with van der Waals surface area (Å²) in [6.45, 7) is -0.993. The minimum Gasteiger partial charge on any atom is -0.484 e. The number of rotatable bonds is 6. The van der Waals surface area contributed by atoms with E-state index >= 15 is 0 Å². The molecule has 7 heteroatoms. The molecule has 0 heterocycles. The summed E-state index contributed by atoms with van der Waals surface area (Å²) in [4.78, 5) is 25.4. The predicted octanol–water partition coefficient (Wildman–Crippen LogP) is 0.337. The van der Waals surface area contributed by atoms with E-state index in [0.29, 0.717) is 5.75 Å². The number of carboxylic acid groups (broad SMARTS) is 1. The van der Waals surface area contributed by atoms with E-state index in [2.05, 4.69) is 4.84 Å². The molecule has 0 aliphatic heterocycles. The van der Waals surface area contributed by atoms with E-state index in [1.54, 1.807) is 0 Å². The Morgan fingerprint density at radius 3 is 2.47 bits per heavy atom. The molecular formula is C10H10FNO5. The van der Waals surface area contributed by atoms with Crippen molar-refractivity contribution in [1.82, 2.24) is 5.48 Å². The molecule has 1 rings (SSSR count). The topological polar surface area (TPSA) is 84.9 Å². The summed E-state index contributed by atoms with van der Waals surface area (Å²) in [7, 11) is 0. The maximum absolute atomic E-state index is 12.5. The van der Waals surface area contributed by atoms with Gasteiger partial charge in [0.2, 0.25) is 0 Å². The molecule has 0 saturated heterocycles. The van der Waals surface area contributed by atoms with Crippen LogP contribution in [0.3, 0.4) is 0 Å². The van der Waals surface area contributed by atoms with Gasteiger partial charge in [0.15, 0.2) is 13.2 Å². The van der Waals surface area contributed by atoms with Crippen LogP contribution in [-0.2, 0) is 14.4 Å². The van der Waals surface area contributed by atoms with Gasteiger partial charge in [0.05, 0.1) is 0 Å². The molecule has 0 unspecified atom stereocenters. The Kier molecular flexibility index (Phi) is 4.89. The monoisotopic (exact) mass is 243 g/mol. The first-order chi connectivity index (χ1) is 8.08. The highest BCUT2D eigenvalue weighted by molar-refractivity contribution is 5.76. The number of carboxylic acids is 1. The molecule has 0 atom stereocenters. The molecule has 0 fully saturated rings. The zero-order chi connectivity index (χ0) is 12.7. The molecule has 0 aromatic heterocycles. The number of halogens is 1. The first-order valence-electron chi connectivity index (χ1n) is 4.58. The quantitative estimate of drug-likeness (QED) is 0.703. The van der Waals surface area contributed by atoms with Crippen LogP contribution < -0.4 is 10.2 Å². The van der Waals surface area contributed by atoms with Gasteiger partial charge in [-0.05, 0) is 24.3 Å². The van der Waals surface area contributed by atoms with Crippen LogP contribution in [0.1, 0.15) is 0 Å². The zero-order valence-electron chi connectivity index (χ0n) is 8.68. The highest BCUT2D eigenvalue weighted by Gasteiger charge is 2.04. The van der Waals surface area contributed by atoms with Crippen LogP contribution >= 0.6 is 0 Å². The fourth-order valence-corrected chi connectivity index (χ4v) is 0.887. The molecule has 1 aromatic rings. The summed E-state index contributed by atoms with van der Waals surface area (Å²) >= 11 is 0. The molecule has 2 N–H and O–H groups in total. The van der Waals surface area contributed by atoms with Gasteiger partial charge in [0.25, 0.3) is 5.91 Å². The number of carbonyl (C=O) groups is 2. The minimum atomic E-state index is -1.20. The number of nitrogens with one attached hydrogen (secondary N) is 1.